The number of fused-ring (bicyclic) bond motifs is 3. The average Bonchev–Trinajstić information content (AvgIpc) is 3.42. The lowest BCUT2D eigenvalue weighted by Crippen LogP contribution is -2.50. The van der Waals surface area contributed by atoms with E-state index in [0.29, 0.717) is 12.3 Å². The van der Waals surface area contributed by atoms with E-state index < -0.39 is 0 Å². The van der Waals surface area contributed by atoms with Gasteiger partial charge in [-0.05, 0) is 48.4 Å². The van der Waals surface area contributed by atoms with Crippen molar-refractivity contribution in [2.75, 3.05) is 11.9 Å². The molecule has 3 aliphatic rings. The summed E-state index contributed by atoms with van der Waals surface area (Å²) in [5.41, 5.74) is 4.78. The Morgan fingerprint density at radius 2 is 1.55 bits per heavy atom. The molecule has 1 saturated carbocycles. The van der Waals surface area contributed by atoms with Gasteiger partial charge in [0.15, 0.2) is 0 Å². The third-order valence-electron chi connectivity index (χ3n) is 8.82. The predicted molar refractivity (Wildman–Crippen MR) is 150 cm³/mol. The second-order valence-electron chi connectivity index (χ2n) is 11.1. The number of hydrogen-bond acceptors (Lipinski definition) is 3. The number of carbonyl (C=O) groups excluding carboxylic acids is 2. The van der Waals surface area contributed by atoms with Crippen LogP contribution in [0.25, 0.3) is 0 Å². The van der Waals surface area contributed by atoms with Crippen LogP contribution in [0.1, 0.15) is 67.3 Å². The fourth-order valence-electron chi connectivity index (χ4n) is 6.96. The molecule has 3 aromatic rings. The number of benzene rings is 3. The van der Waals surface area contributed by atoms with Gasteiger partial charge in [0, 0.05) is 30.6 Å². The third kappa shape index (κ3) is 4.94. The van der Waals surface area contributed by atoms with Crippen LogP contribution in [0.2, 0.25) is 0 Å². The summed E-state index contributed by atoms with van der Waals surface area (Å²) in [4.78, 5) is 29.3. The number of rotatable bonds is 6. The summed E-state index contributed by atoms with van der Waals surface area (Å²) in [6.07, 6.45) is 5.96. The van der Waals surface area contributed by atoms with Crippen molar-refractivity contribution < 1.29 is 9.59 Å². The van der Waals surface area contributed by atoms with E-state index in [1.165, 1.54) is 16.7 Å². The van der Waals surface area contributed by atoms with Gasteiger partial charge in [-0.1, -0.05) is 91.7 Å². The van der Waals surface area contributed by atoms with Gasteiger partial charge in [-0.2, -0.15) is 0 Å². The Kier molecular flexibility index (Phi) is 7.17. The van der Waals surface area contributed by atoms with E-state index in [-0.39, 0.29) is 35.9 Å². The first-order valence-electron chi connectivity index (χ1n) is 14.2. The minimum Gasteiger partial charge on any atom is -0.378 e. The van der Waals surface area contributed by atoms with E-state index in [9.17, 15) is 9.59 Å². The second kappa shape index (κ2) is 11.0. The summed E-state index contributed by atoms with van der Waals surface area (Å²) >= 11 is 0. The summed E-state index contributed by atoms with van der Waals surface area (Å²) in [5, 5.41) is 7.06. The molecule has 2 amide bonds. The van der Waals surface area contributed by atoms with Gasteiger partial charge in [0.05, 0.1) is 18.0 Å². The monoisotopic (exact) mass is 507 g/mol. The first kappa shape index (κ1) is 24.7. The molecule has 2 N–H and O–H groups in total. The molecule has 6 rings (SSSR count). The molecule has 0 unspecified atom stereocenters. The Bertz CT molecular complexity index is 1260. The van der Waals surface area contributed by atoms with Crippen LogP contribution in [0.5, 0.6) is 0 Å². The topological polar surface area (TPSA) is 61.4 Å². The van der Waals surface area contributed by atoms with Gasteiger partial charge in [0.2, 0.25) is 11.8 Å². The number of hydrogen-bond donors (Lipinski definition) is 2. The van der Waals surface area contributed by atoms with Gasteiger partial charge in [-0.3, -0.25) is 9.59 Å². The van der Waals surface area contributed by atoms with E-state index in [2.05, 4.69) is 82.3 Å². The van der Waals surface area contributed by atoms with Crippen molar-refractivity contribution in [2.45, 2.75) is 63.1 Å². The van der Waals surface area contributed by atoms with Crippen molar-refractivity contribution in [1.82, 2.24) is 10.2 Å². The lowest BCUT2D eigenvalue weighted by Gasteiger charge is -2.42. The molecule has 0 radical (unpaired) electrons. The molecule has 3 aromatic carbocycles. The first-order valence-corrected chi connectivity index (χ1v) is 14.2. The molecular formula is C33H37N3O2. The number of nitrogens with zero attached hydrogens (tertiary/aromatic N) is 1. The molecule has 1 aliphatic carbocycles. The highest BCUT2D eigenvalue weighted by Gasteiger charge is 2.48. The zero-order valence-electron chi connectivity index (χ0n) is 21.9. The molecule has 0 bridgehead atoms. The van der Waals surface area contributed by atoms with Crippen LogP contribution >= 0.6 is 0 Å². The van der Waals surface area contributed by atoms with Crippen molar-refractivity contribution >= 4 is 17.5 Å². The lowest BCUT2D eigenvalue weighted by atomic mass is 9.79. The molecule has 5 heteroatoms. The Balaban J connectivity index is 1.20. The van der Waals surface area contributed by atoms with Gasteiger partial charge in [0.1, 0.15) is 0 Å². The fraction of sp³-hybridized carbons (Fsp3) is 0.394. The van der Waals surface area contributed by atoms with E-state index in [1.54, 1.807) is 0 Å². The smallest absolute Gasteiger partial charge is 0.228 e. The maximum absolute atomic E-state index is 14.2. The predicted octanol–water partition coefficient (Wildman–Crippen LogP) is 6.05. The van der Waals surface area contributed by atoms with Crippen LogP contribution in [0.15, 0.2) is 84.9 Å². The van der Waals surface area contributed by atoms with E-state index in [0.717, 1.165) is 50.8 Å². The number of likely N-dealkylation sites (tertiary alicyclic amines) is 1. The summed E-state index contributed by atoms with van der Waals surface area (Å²) in [6.45, 7) is 0.763. The first-order chi connectivity index (χ1) is 18.7. The van der Waals surface area contributed by atoms with Gasteiger partial charge in [0.25, 0.3) is 0 Å². The largest absolute Gasteiger partial charge is 0.378 e. The maximum Gasteiger partial charge on any atom is 0.228 e. The molecule has 1 saturated heterocycles. The standard InChI is InChI=1S/C33H37N3O2/c37-30(20-19-23-11-3-1-4-12-23)34-29-18-10-8-16-26(29)33(38)36-22-21-27-31(24-13-5-2-6-14-24)35-28-17-9-7-15-25(28)32(27)36/h1-7,9,11-15,17,26-27,29,31-32,35H,8,10,16,18-22H2,(H,34,37)/t26-,27+,29+,31-,32-/m0/s1. The number of carbonyl (C=O) groups is 2. The molecule has 2 heterocycles. The number of nitrogens with one attached hydrogen (secondary N) is 2. The van der Waals surface area contributed by atoms with Crippen molar-refractivity contribution in [3.63, 3.8) is 0 Å². The summed E-state index contributed by atoms with van der Waals surface area (Å²) < 4.78 is 0. The molecule has 2 aliphatic heterocycles. The Morgan fingerprint density at radius 1 is 0.842 bits per heavy atom. The van der Waals surface area contributed by atoms with E-state index in [1.807, 2.05) is 18.2 Å². The van der Waals surface area contributed by atoms with E-state index in [4.69, 9.17) is 0 Å². The highest BCUT2D eigenvalue weighted by Crippen LogP contribution is 2.51. The number of anilines is 1. The Hall–Kier alpha value is -3.60. The van der Waals surface area contributed by atoms with E-state index >= 15 is 0 Å². The van der Waals surface area contributed by atoms with Crippen LogP contribution in [0, 0.1) is 11.8 Å². The quantitative estimate of drug-likeness (QED) is 0.427. The molecule has 38 heavy (non-hydrogen) atoms. The van der Waals surface area contributed by atoms with Gasteiger partial charge in [-0.25, -0.2) is 0 Å². The lowest BCUT2D eigenvalue weighted by molar-refractivity contribution is -0.139. The van der Waals surface area contributed by atoms with Crippen molar-refractivity contribution in [3.05, 3.63) is 102 Å². The normalized spacial score (nSPS) is 26.1. The summed E-state index contributed by atoms with van der Waals surface area (Å²) in [7, 11) is 0. The molecule has 5 atom stereocenters. The van der Waals surface area contributed by atoms with Crippen LogP contribution < -0.4 is 10.6 Å². The molecular weight excluding hydrogens is 470 g/mol. The van der Waals surface area contributed by atoms with Crippen LogP contribution in [0.3, 0.4) is 0 Å². The SMILES string of the molecule is O=C(CCc1ccccc1)N[C@@H]1CCCC[C@@H]1C(=O)N1CC[C@@H]2[C@H](c3ccccc3)Nc3ccccc3[C@@H]21. The second-order valence-corrected chi connectivity index (χ2v) is 11.1. The Morgan fingerprint density at radius 3 is 2.37 bits per heavy atom. The number of aryl methyl sites for hydroxylation is 1. The van der Waals surface area contributed by atoms with Gasteiger partial charge >= 0.3 is 0 Å². The third-order valence-corrected chi connectivity index (χ3v) is 8.82. The van der Waals surface area contributed by atoms with Crippen LogP contribution in [-0.2, 0) is 16.0 Å². The highest BCUT2D eigenvalue weighted by atomic mass is 16.2. The number of para-hydroxylation sites is 1. The number of amides is 2. The molecule has 5 nitrogen and oxygen atoms in total. The minimum atomic E-state index is -0.152. The van der Waals surface area contributed by atoms with Crippen molar-refractivity contribution in [1.29, 1.82) is 0 Å². The zero-order valence-corrected chi connectivity index (χ0v) is 21.9. The van der Waals surface area contributed by atoms with Gasteiger partial charge < -0.3 is 15.5 Å². The average molecular weight is 508 g/mol. The molecule has 0 aromatic heterocycles. The van der Waals surface area contributed by atoms with Gasteiger partial charge in [-0.15, -0.1) is 0 Å². The van der Waals surface area contributed by atoms with Crippen LogP contribution in [0.4, 0.5) is 5.69 Å². The highest BCUT2D eigenvalue weighted by molar-refractivity contribution is 5.83. The van der Waals surface area contributed by atoms with Crippen molar-refractivity contribution in [2.24, 2.45) is 11.8 Å². The minimum absolute atomic E-state index is 0.0502. The van der Waals surface area contributed by atoms with Crippen molar-refractivity contribution in [3.8, 4) is 0 Å². The summed E-state index contributed by atoms with van der Waals surface area (Å²) in [5.74, 6) is 0.433. The Labute approximate surface area is 225 Å². The fourth-order valence-corrected chi connectivity index (χ4v) is 6.96. The molecule has 0 spiro atoms. The molecule has 196 valence electrons. The summed E-state index contributed by atoms with van der Waals surface area (Å²) in [6, 6.07) is 29.4. The maximum atomic E-state index is 14.2. The molecule has 2 fully saturated rings. The van der Waals surface area contributed by atoms with Crippen LogP contribution in [-0.4, -0.2) is 29.3 Å². The zero-order chi connectivity index (χ0) is 25.9.